The van der Waals surface area contributed by atoms with Crippen molar-refractivity contribution in [3.05, 3.63) is 76.8 Å². The molecule has 1 fully saturated rings. The van der Waals surface area contributed by atoms with Crippen molar-refractivity contribution in [2.45, 2.75) is 38.5 Å². The van der Waals surface area contributed by atoms with Crippen LogP contribution in [0.2, 0.25) is 0 Å². The average Bonchev–Trinajstić information content (AvgIpc) is 3.59. The van der Waals surface area contributed by atoms with Crippen molar-refractivity contribution in [3.8, 4) is 5.75 Å². The Bertz CT molecular complexity index is 1300. The zero-order chi connectivity index (χ0) is 24.5. The van der Waals surface area contributed by atoms with E-state index in [-0.39, 0.29) is 17.8 Å². The number of carbonyl (C=O) groups excluding carboxylic acids is 1. The zero-order valence-electron chi connectivity index (χ0n) is 19.5. The molecule has 2 aliphatic rings. The van der Waals surface area contributed by atoms with E-state index in [9.17, 15) is 9.90 Å². The number of ether oxygens (including phenoxy) is 1. The van der Waals surface area contributed by atoms with Crippen LogP contribution in [0.1, 0.15) is 52.6 Å². The van der Waals surface area contributed by atoms with E-state index in [1.165, 1.54) is 6.08 Å². The molecule has 6 N–H and O–H groups in total. The summed E-state index contributed by atoms with van der Waals surface area (Å²) in [5.74, 6) is 0.521. The summed E-state index contributed by atoms with van der Waals surface area (Å²) in [6.07, 6.45) is 7.32. The van der Waals surface area contributed by atoms with Gasteiger partial charge in [-0.05, 0) is 37.1 Å². The van der Waals surface area contributed by atoms with Crippen molar-refractivity contribution in [2.75, 3.05) is 18.9 Å². The fourth-order valence-corrected chi connectivity index (χ4v) is 4.98. The van der Waals surface area contributed by atoms with E-state index in [1.54, 1.807) is 29.2 Å². The second-order valence-electron chi connectivity index (χ2n) is 8.94. The monoisotopic (exact) mass is 474 g/mol. The first kappa shape index (κ1) is 22.8. The predicted molar refractivity (Wildman–Crippen MR) is 134 cm³/mol. The van der Waals surface area contributed by atoms with Gasteiger partial charge in [-0.15, -0.1) is 0 Å². The summed E-state index contributed by atoms with van der Waals surface area (Å²) >= 11 is 0. The summed E-state index contributed by atoms with van der Waals surface area (Å²) in [5, 5.41) is 14.8. The number of aromatic hydroxyl groups is 1. The molecule has 5 rings (SSSR count). The molecular weight excluding hydrogens is 444 g/mol. The third-order valence-corrected chi connectivity index (χ3v) is 6.77. The highest BCUT2D eigenvalue weighted by Crippen LogP contribution is 2.39. The summed E-state index contributed by atoms with van der Waals surface area (Å²) < 4.78 is 8.02. The van der Waals surface area contributed by atoms with E-state index >= 15 is 0 Å². The van der Waals surface area contributed by atoms with Crippen LogP contribution < -0.4 is 11.5 Å². The van der Waals surface area contributed by atoms with Crippen molar-refractivity contribution in [3.63, 3.8) is 0 Å². The number of hydrogen-bond donors (Lipinski definition) is 4. The molecule has 1 unspecified atom stereocenters. The molecule has 4 heterocycles. The van der Waals surface area contributed by atoms with Crippen LogP contribution in [0.3, 0.4) is 0 Å². The lowest BCUT2D eigenvalue weighted by atomic mass is 9.96. The standard InChI is InChI=1S/C26H30N6O3/c1-2-24(34)31-9-10-32-21(15-31)16(14-29-32)12-20-25(23-8-5-11-35-23)18(26(28)30-20)13-19(27)17-6-3-4-7-22(17)33/h2-4,6-7,13-14,23,30,33H,1,5,8-12,15,27-28H2/b19-13-. The number of anilines is 1. The molecule has 0 spiro atoms. The van der Waals surface area contributed by atoms with Gasteiger partial charge in [0.15, 0.2) is 0 Å². The highest BCUT2D eigenvalue weighted by atomic mass is 16.5. The van der Waals surface area contributed by atoms with Crippen LogP contribution in [0.5, 0.6) is 5.75 Å². The number of aromatic nitrogens is 3. The molecular formula is C26H30N6O3. The topological polar surface area (TPSA) is 135 Å². The number of phenols is 1. The number of nitrogen functional groups attached to an aromatic ring is 1. The lowest BCUT2D eigenvalue weighted by Crippen LogP contribution is -2.37. The van der Waals surface area contributed by atoms with Crippen molar-refractivity contribution >= 4 is 23.5 Å². The molecule has 2 aromatic heterocycles. The molecule has 9 heteroatoms. The number of carbonyl (C=O) groups is 1. The van der Waals surface area contributed by atoms with Gasteiger partial charge in [-0.2, -0.15) is 5.10 Å². The van der Waals surface area contributed by atoms with Gasteiger partial charge in [0, 0.05) is 53.2 Å². The fraction of sp³-hybridized carbons (Fsp3) is 0.308. The normalized spacial score (nSPS) is 18.0. The quantitative estimate of drug-likeness (QED) is 0.406. The van der Waals surface area contributed by atoms with Gasteiger partial charge in [-0.3, -0.25) is 9.48 Å². The maximum Gasteiger partial charge on any atom is 0.246 e. The number of H-pyrrole nitrogens is 1. The van der Waals surface area contributed by atoms with Gasteiger partial charge in [0.2, 0.25) is 5.91 Å². The first-order chi connectivity index (χ1) is 17.0. The maximum absolute atomic E-state index is 12.2. The summed E-state index contributed by atoms with van der Waals surface area (Å²) in [5.41, 5.74) is 18.5. The number of nitrogens with zero attached hydrogens (tertiary/aromatic N) is 3. The van der Waals surface area contributed by atoms with Gasteiger partial charge in [0.05, 0.1) is 31.1 Å². The number of rotatable bonds is 6. The number of fused-ring (bicyclic) bond motifs is 1. The van der Waals surface area contributed by atoms with Gasteiger partial charge in [0.1, 0.15) is 11.6 Å². The molecule has 2 aliphatic heterocycles. The molecule has 0 bridgehead atoms. The zero-order valence-corrected chi connectivity index (χ0v) is 19.5. The van der Waals surface area contributed by atoms with E-state index in [2.05, 4.69) is 16.7 Å². The molecule has 3 aromatic rings. The number of hydrogen-bond acceptors (Lipinski definition) is 6. The number of nitrogens with two attached hydrogens (primary N) is 2. The van der Waals surface area contributed by atoms with Crippen LogP contribution >= 0.6 is 0 Å². The summed E-state index contributed by atoms with van der Waals surface area (Å²) in [6.45, 7) is 6.04. The molecule has 1 atom stereocenters. The average molecular weight is 475 g/mol. The Hall–Kier alpha value is -3.98. The second kappa shape index (κ2) is 9.34. The van der Waals surface area contributed by atoms with Crippen molar-refractivity contribution in [1.82, 2.24) is 19.7 Å². The third-order valence-electron chi connectivity index (χ3n) is 6.77. The summed E-state index contributed by atoms with van der Waals surface area (Å²) in [7, 11) is 0. The van der Waals surface area contributed by atoms with E-state index < -0.39 is 0 Å². The Morgan fingerprint density at radius 2 is 2.17 bits per heavy atom. The molecule has 35 heavy (non-hydrogen) atoms. The lowest BCUT2D eigenvalue weighted by Gasteiger charge is -2.27. The Morgan fingerprint density at radius 3 is 2.91 bits per heavy atom. The summed E-state index contributed by atoms with van der Waals surface area (Å²) in [6, 6.07) is 6.95. The number of phenolic OH excluding ortho intramolecular Hbond substituents is 1. The third kappa shape index (κ3) is 4.30. The molecule has 9 nitrogen and oxygen atoms in total. The van der Waals surface area contributed by atoms with Crippen molar-refractivity contribution in [2.24, 2.45) is 5.73 Å². The number of benzene rings is 1. The Labute approximate surface area is 203 Å². The minimum atomic E-state index is -0.104. The molecule has 182 valence electrons. The minimum absolute atomic E-state index is 0.0837. The largest absolute Gasteiger partial charge is 0.507 e. The second-order valence-corrected chi connectivity index (χ2v) is 8.94. The van der Waals surface area contributed by atoms with Crippen LogP contribution in [0, 0.1) is 0 Å². The lowest BCUT2D eigenvalue weighted by molar-refractivity contribution is -0.127. The van der Waals surface area contributed by atoms with Crippen LogP contribution in [-0.4, -0.2) is 43.8 Å². The van der Waals surface area contributed by atoms with E-state index in [1.807, 2.05) is 16.9 Å². The van der Waals surface area contributed by atoms with Gasteiger partial charge in [-0.1, -0.05) is 18.7 Å². The van der Waals surface area contributed by atoms with E-state index in [4.69, 9.17) is 16.2 Å². The maximum atomic E-state index is 12.2. The predicted octanol–water partition coefficient (Wildman–Crippen LogP) is 2.93. The smallest absolute Gasteiger partial charge is 0.246 e. The van der Waals surface area contributed by atoms with Crippen LogP contribution in [0.25, 0.3) is 11.8 Å². The Morgan fingerprint density at radius 1 is 1.34 bits per heavy atom. The van der Waals surface area contributed by atoms with Crippen molar-refractivity contribution in [1.29, 1.82) is 0 Å². The van der Waals surface area contributed by atoms with Crippen molar-refractivity contribution < 1.29 is 14.6 Å². The highest BCUT2D eigenvalue weighted by molar-refractivity contribution is 5.87. The fourth-order valence-electron chi connectivity index (χ4n) is 4.98. The molecule has 0 radical (unpaired) electrons. The molecule has 1 amide bonds. The highest BCUT2D eigenvalue weighted by Gasteiger charge is 2.29. The molecule has 0 aliphatic carbocycles. The van der Waals surface area contributed by atoms with Crippen LogP contribution in [0.4, 0.5) is 5.82 Å². The number of para-hydroxylation sites is 1. The van der Waals surface area contributed by atoms with E-state index in [0.717, 1.165) is 40.9 Å². The summed E-state index contributed by atoms with van der Waals surface area (Å²) in [4.78, 5) is 17.3. The Balaban J connectivity index is 1.53. The first-order valence-corrected chi connectivity index (χ1v) is 11.8. The minimum Gasteiger partial charge on any atom is -0.507 e. The van der Waals surface area contributed by atoms with E-state index in [0.29, 0.717) is 49.7 Å². The SMILES string of the molecule is C=CC(=O)N1CCn2ncc(Cc3[nH]c(N)c(/C=C(\N)c4ccccc4O)c3C3CCCO3)c2C1. The van der Waals surface area contributed by atoms with Crippen LogP contribution in [0.15, 0.2) is 43.1 Å². The number of aromatic amines is 1. The van der Waals surface area contributed by atoms with Gasteiger partial charge in [0.25, 0.3) is 0 Å². The van der Waals surface area contributed by atoms with Crippen LogP contribution in [-0.2, 0) is 29.0 Å². The Kier molecular flexibility index (Phi) is 6.08. The van der Waals surface area contributed by atoms with Gasteiger partial charge in [-0.25, -0.2) is 0 Å². The molecule has 0 saturated carbocycles. The first-order valence-electron chi connectivity index (χ1n) is 11.8. The molecule has 1 aromatic carbocycles. The van der Waals surface area contributed by atoms with Gasteiger partial charge >= 0.3 is 0 Å². The molecule has 1 saturated heterocycles. The number of nitrogens with one attached hydrogen (secondary N) is 1. The number of amides is 1. The van der Waals surface area contributed by atoms with Gasteiger partial charge < -0.3 is 31.2 Å².